The fraction of sp³-hybridized carbons (Fsp3) is 0.400. The Morgan fingerprint density at radius 3 is 2.95 bits per heavy atom. The van der Waals surface area contributed by atoms with E-state index in [4.69, 9.17) is 5.73 Å². The highest BCUT2D eigenvalue weighted by Gasteiger charge is 2.31. The molecule has 0 saturated heterocycles. The summed E-state index contributed by atoms with van der Waals surface area (Å²) < 4.78 is 0. The summed E-state index contributed by atoms with van der Waals surface area (Å²) in [7, 11) is 0. The van der Waals surface area contributed by atoms with Gasteiger partial charge < -0.3 is 10.6 Å². The summed E-state index contributed by atoms with van der Waals surface area (Å²) in [5, 5.41) is 4.34. The van der Waals surface area contributed by atoms with E-state index in [0.717, 1.165) is 17.9 Å². The van der Waals surface area contributed by atoms with Gasteiger partial charge in [-0.2, -0.15) is 11.3 Å². The molecular formula is C15H19N3S. The molecule has 0 aliphatic heterocycles. The Bertz CT molecular complexity index is 532. The van der Waals surface area contributed by atoms with Gasteiger partial charge in [-0.25, -0.2) is 4.98 Å². The molecule has 0 bridgehead atoms. The number of aromatic nitrogens is 1. The predicted octanol–water partition coefficient (Wildman–Crippen LogP) is 3.33. The number of thiophene rings is 1. The standard InChI is InChI=1S/C15H19N3S/c1-11(16)14-3-2-7-17-15(14)18(13-4-5-13)9-12-6-8-19-10-12/h2-3,6-8,10-11,13H,4-5,9,16H2,1H3/t11-/m0/s1. The van der Waals surface area contributed by atoms with Crippen LogP contribution in [0.4, 0.5) is 5.82 Å². The van der Waals surface area contributed by atoms with E-state index >= 15 is 0 Å². The molecule has 3 rings (SSSR count). The number of anilines is 1. The Labute approximate surface area is 118 Å². The number of nitrogens with two attached hydrogens (primary N) is 1. The number of pyridine rings is 1. The molecule has 0 spiro atoms. The molecular weight excluding hydrogens is 254 g/mol. The van der Waals surface area contributed by atoms with E-state index < -0.39 is 0 Å². The molecule has 0 unspecified atom stereocenters. The fourth-order valence-electron chi connectivity index (χ4n) is 2.35. The maximum absolute atomic E-state index is 6.08. The van der Waals surface area contributed by atoms with Crippen LogP contribution in [0.3, 0.4) is 0 Å². The molecule has 4 heteroatoms. The van der Waals surface area contributed by atoms with Gasteiger partial charge in [-0.05, 0) is 48.2 Å². The van der Waals surface area contributed by atoms with Crippen molar-refractivity contribution in [1.82, 2.24) is 4.98 Å². The van der Waals surface area contributed by atoms with Gasteiger partial charge in [0.2, 0.25) is 0 Å². The highest BCUT2D eigenvalue weighted by atomic mass is 32.1. The second-order valence-electron chi connectivity index (χ2n) is 5.20. The van der Waals surface area contributed by atoms with Gasteiger partial charge in [-0.15, -0.1) is 0 Å². The van der Waals surface area contributed by atoms with Crippen LogP contribution in [-0.4, -0.2) is 11.0 Å². The summed E-state index contributed by atoms with van der Waals surface area (Å²) in [6.07, 6.45) is 4.39. The molecule has 1 aliphatic rings. The Balaban J connectivity index is 1.92. The van der Waals surface area contributed by atoms with E-state index in [1.165, 1.54) is 18.4 Å². The Morgan fingerprint density at radius 1 is 1.47 bits per heavy atom. The predicted molar refractivity (Wildman–Crippen MR) is 80.4 cm³/mol. The topological polar surface area (TPSA) is 42.1 Å². The summed E-state index contributed by atoms with van der Waals surface area (Å²) in [6.45, 7) is 2.96. The van der Waals surface area contributed by atoms with Crippen LogP contribution in [0.5, 0.6) is 0 Å². The van der Waals surface area contributed by atoms with Crippen molar-refractivity contribution in [2.24, 2.45) is 5.73 Å². The molecule has 1 atom stereocenters. The molecule has 100 valence electrons. The van der Waals surface area contributed by atoms with Crippen LogP contribution < -0.4 is 10.6 Å². The van der Waals surface area contributed by atoms with E-state index in [0.29, 0.717) is 6.04 Å². The van der Waals surface area contributed by atoms with Crippen molar-refractivity contribution in [1.29, 1.82) is 0 Å². The lowest BCUT2D eigenvalue weighted by Gasteiger charge is -2.26. The Kier molecular flexibility index (Phi) is 3.53. The Hall–Kier alpha value is -1.39. The third-order valence-electron chi connectivity index (χ3n) is 3.50. The second-order valence-corrected chi connectivity index (χ2v) is 5.98. The van der Waals surface area contributed by atoms with E-state index in [1.54, 1.807) is 11.3 Å². The molecule has 2 aromatic heterocycles. The van der Waals surface area contributed by atoms with Gasteiger partial charge in [-0.1, -0.05) is 6.07 Å². The van der Waals surface area contributed by atoms with Crippen molar-refractivity contribution in [2.45, 2.75) is 38.4 Å². The largest absolute Gasteiger partial charge is 0.349 e. The summed E-state index contributed by atoms with van der Waals surface area (Å²) in [5.74, 6) is 1.06. The fourth-order valence-corrected chi connectivity index (χ4v) is 3.01. The molecule has 1 aliphatic carbocycles. The van der Waals surface area contributed by atoms with Crippen LogP contribution in [0.1, 0.15) is 36.9 Å². The zero-order chi connectivity index (χ0) is 13.2. The van der Waals surface area contributed by atoms with E-state index in [1.807, 2.05) is 19.2 Å². The summed E-state index contributed by atoms with van der Waals surface area (Å²) in [6, 6.07) is 6.90. The average molecular weight is 273 g/mol. The lowest BCUT2D eigenvalue weighted by atomic mass is 10.1. The molecule has 0 amide bonds. The lowest BCUT2D eigenvalue weighted by molar-refractivity contribution is 0.742. The monoisotopic (exact) mass is 273 g/mol. The molecule has 1 saturated carbocycles. The smallest absolute Gasteiger partial charge is 0.133 e. The third kappa shape index (κ3) is 2.80. The van der Waals surface area contributed by atoms with Gasteiger partial charge in [0.15, 0.2) is 0 Å². The molecule has 0 aromatic carbocycles. The minimum atomic E-state index is 0.0208. The molecule has 19 heavy (non-hydrogen) atoms. The number of hydrogen-bond donors (Lipinski definition) is 1. The quantitative estimate of drug-likeness (QED) is 0.908. The van der Waals surface area contributed by atoms with Gasteiger partial charge in [0.25, 0.3) is 0 Å². The van der Waals surface area contributed by atoms with Gasteiger partial charge in [0.1, 0.15) is 5.82 Å². The number of rotatable bonds is 5. The van der Waals surface area contributed by atoms with Gasteiger partial charge in [-0.3, -0.25) is 0 Å². The molecule has 2 aromatic rings. The van der Waals surface area contributed by atoms with E-state index in [2.05, 4.69) is 32.8 Å². The molecule has 3 nitrogen and oxygen atoms in total. The van der Waals surface area contributed by atoms with E-state index in [9.17, 15) is 0 Å². The van der Waals surface area contributed by atoms with Crippen LogP contribution in [0.15, 0.2) is 35.2 Å². The van der Waals surface area contributed by atoms with E-state index in [-0.39, 0.29) is 6.04 Å². The van der Waals surface area contributed by atoms with Crippen molar-refractivity contribution in [3.8, 4) is 0 Å². The van der Waals surface area contributed by atoms with Crippen molar-refractivity contribution in [2.75, 3.05) is 4.90 Å². The minimum absolute atomic E-state index is 0.0208. The summed E-state index contributed by atoms with van der Waals surface area (Å²) >= 11 is 1.75. The highest BCUT2D eigenvalue weighted by molar-refractivity contribution is 7.07. The van der Waals surface area contributed by atoms with Crippen molar-refractivity contribution >= 4 is 17.2 Å². The number of nitrogens with zero attached hydrogens (tertiary/aromatic N) is 2. The third-order valence-corrected chi connectivity index (χ3v) is 4.23. The van der Waals surface area contributed by atoms with Crippen molar-refractivity contribution < 1.29 is 0 Å². The molecule has 1 fully saturated rings. The van der Waals surface area contributed by atoms with Gasteiger partial charge in [0, 0.05) is 30.4 Å². The van der Waals surface area contributed by atoms with Crippen LogP contribution in [0.2, 0.25) is 0 Å². The lowest BCUT2D eigenvalue weighted by Crippen LogP contribution is -2.28. The van der Waals surface area contributed by atoms with Gasteiger partial charge in [0.05, 0.1) is 0 Å². The van der Waals surface area contributed by atoms with Crippen LogP contribution in [0.25, 0.3) is 0 Å². The zero-order valence-corrected chi connectivity index (χ0v) is 11.9. The molecule has 2 heterocycles. The highest BCUT2D eigenvalue weighted by Crippen LogP contribution is 2.35. The first kappa shape index (κ1) is 12.6. The second kappa shape index (κ2) is 5.31. The SMILES string of the molecule is C[C@H](N)c1cccnc1N(Cc1ccsc1)C1CC1. The zero-order valence-electron chi connectivity index (χ0n) is 11.1. The maximum Gasteiger partial charge on any atom is 0.133 e. The molecule has 0 radical (unpaired) electrons. The van der Waals surface area contributed by atoms with Crippen molar-refractivity contribution in [3.63, 3.8) is 0 Å². The molecule has 2 N–H and O–H groups in total. The average Bonchev–Trinajstić information content (AvgIpc) is 3.13. The maximum atomic E-state index is 6.08. The van der Waals surface area contributed by atoms with Crippen LogP contribution >= 0.6 is 11.3 Å². The van der Waals surface area contributed by atoms with Crippen LogP contribution in [-0.2, 0) is 6.54 Å². The summed E-state index contributed by atoms with van der Waals surface area (Å²) in [5.41, 5.74) is 8.58. The van der Waals surface area contributed by atoms with Crippen molar-refractivity contribution in [3.05, 3.63) is 46.3 Å². The minimum Gasteiger partial charge on any atom is -0.349 e. The van der Waals surface area contributed by atoms with Gasteiger partial charge >= 0.3 is 0 Å². The number of hydrogen-bond acceptors (Lipinski definition) is 4. The first-order valence-corrected chi connectivity index (χ1v) is 7.68. The van der Waals surface area contributed by atoms with Crippen LogP contribution in [0, 0.1) is 0 Å². The first-order valence-electron chi connectivity index (χ1n) is 6.74. The Morgan fingerprint density at radius 2 is 2.32 bits per heavy atom. The first-order chi connectivity index (χ1) is 9.25. The summed E-state index contributed by atoms with van der Waals surface area (Å²) in [4.78, 5) is 7.01. The normalized spacial score (nSPS) is 16.3.